The highest BCUT2D eigenvalue weighted by Gasteiger charge is 2.33. The predicted octanol–water partition coefficient (Wildman–Crippen LogP) is 4.71. The number of rotatable bonds is 7. The van der Waals surface area contributed by atoms with Gasteiger partial charge < -0.3 is 10.1 Å². The van der Waals surface area contributed by atoms with E-state index in [2.05, 4.69) is 15.1 Å². The van der Waals surface area contributed by atoms with Crippen LogP contribution in [-0.4, -0.2) is 43.4 Å². The van der Waals surface area contributed by atoms with Crippen molar-refractivity contribution >= 4 is 33.2 Å². The summed E-state index contributed by atoms with van der Waals surface area (Å²) in [7, 11) is -0.601. The first-order chi connectivity index (χ1) is 15.8. The van der Waals surface area contributed by atoms with E-state index in [0.29, 0.717) is 10.7 Å². The molecule has 188 valence electrons. The smallest absolute Gasteiger partial charge is 0.271 e. The number of anilines is 1. The molecule has 10 heteroatoms. The minimum absolute atomic E-state index is 0.0158. The lowest BCUT2D eigenvalue weighted by Crippen LogP contribution is -2.42. The predicted molar refractivity (Wildman–Crippen MR) is 134 cm³/mol. The molecule has 34 heavy (non-hydrogen) atoms. The number of aromatic nitrogens is 2. The van der Waals surface area contributed by atoms with Crippen LogP contribution in [0.2, 0.25) is 5.02 Å². The van der Waals surface area contributed by atoms with Gasteiger partial charge in [-0.1, -0.05) is 32.4 Å². The number of nitrogens with zero attached hydrogens (tertiary/aromatic N) is 2. The highest BCUT2D eigenvalue weighted by Crippen LogP contribution is 2.39. The van der Waals surface area contributed by atoms with E-state index >= 15 is 0 Å². The lowest BCUT2D eigenvalue weighted by Gasteiger charge is -2.28. The Balaban J connectivity index is 2.02. The summed E-state index contributed by atoms with van der Waals surface area (Å²) < 4.78 is 36.2. The van der Waals surface area contributed by atoms with Gasteiger partial charge in [0.2, 0.25) is 0 Å². The SMILES string of the molecule is CO[C@H]1CC[C@@H](c2nn(C)c(C(=O)N[C@@H](C)C(C)(C)C)c2NS(=O)(=O)c2ccc(Cl)cc2)CC1. The third-order valence-corrected chi connectivity index (χ3v) is 8.31. The number of hydrogen-bond donors (Lipinski definition) is 2. The van der Waals surface area contributed by atoms with Gasteiger partial charge in [-0.25, -0.2) is 8.42 Å². The molecule has 1 aliphatic carbocycles. The van der Waals surface area contributed by atoms with Crippen molar-refractivity contribution < 1.29 is 17.9 Å². The largest absolute Gasteiger partial charge is 0.381 e. The number of carbonyl (C=O) groups is 1. The van der Waals surface area contributed by atoms with Gasteiger partial charge in [-0.2, -0.15) is 5.10 Å². The van der Waals surface area contributed by atoms with Gasteiger partial charge in [-0.15, -0.1) is 0 Å². The van der Waals surface area contributed by atoms with E-state index in [9.17, 15) is 13.2 Å². The standard InChI is InChI=1S/C24H35ClN4O4S/c1-15(24(2,3)4)26-23(30)22-21(28-34(31,32)19-13-9-17(25)10-14-19)20(27-29(22)5)16-7-11-18(33-6)12-8-16/h9-10,13-16,18,28H,7-8,11-12H2,1-6H3,(H,26,30)/t15-,16-,18+/m0/s1. The van der Waals surface area contributed by atoms with Crippen LogP contribution in [0, 0.1) is 5.41 Å². The number of sulfonamides is 1. The number of aryl methyl sites for hydroxylation is 1. The zero-order chi connectivity index (χ0) is 25.3. The van der Waals surface area contributed by atoms with Gasteiger partial charge in [0.05, 0.1) is 16.7 Å². The molecule has 0 radical (unpaired) electrons. The summed E-state index contributed by atoms with van der Waals surface area (Å²) in [5, 5.41) is 8.08. The Morgan fingerprint density at radius 3 is 2.29 bits per heavy atom. The first-order valence-corrected chi connectivity index (χ1v) is 13.4. The molecule has 1 aromatic carbocycles. The van der Waals surface area contributed by atoms with Gasteiger partial charge in [0.15, 0.2) is 0 Å². The average molecular weight is 511 g/mol. The Morgan fingerprint density at radius 2 is 1.76 bits per heavy atom. The maximum Gasteiger partial charge on any atom is 0.271 e. The Kier molecular flexibility index (Phi) is 7.99. The van der Waals surface area contributed by atoms with Crippen molar-refractivity contribution in [2.24, 2.45) is 12.5 Å². The normalized spacial score (nSPS) is 20.1. The van der Waals surface area contributed by atoms with Crippen LogP contribution >= 0.6 is 11.6 Å². The molecule has 0 unspecified atom stereocenters. The Bertz CT molecular complexity index is 1120. The molecule has 1 fully saturated rings. The molecule has 1 heterocycles. The second-order valence-electron chi connectivity index (χ2n) is 10.1. The van der Waals surface area contributed by atoms with Gasteiger partial charge >= 0.3 is 0 Å². The van der Waals surface area contributed by atoms with Crippen LogP contribution in [0.1, 0.15) is 75.5 Å². The topological polar surface area (TPSA) is 102 Å². The number of carbonyl (C=O) groups excluding carboxylic acids is 1. The third-order valence-electron chi connectivity index (χ3n) is 6.69. The fourth-order valence-electron chi connectivity index (χ4n) is 4.05. The van der Waals surface area contributed by atoms with E-state index in [1.165, 1.54) is 28.9 Å². The number of hydrogen-bond acceptors (Lipinski definition) is 5. The monoisotopic (exact) mass is 510 g/mol. The number of nitrogens with one attached hydrogen (secondary N) is 2. The summed E-state index contributed by atoms with van der Waals surface area (Å²) in [6.45, 7) is 8.03. The zero-order valence-corrected chi connectivity index (χ0v) is 22.3. The van der Waals surface area contributed by atoms with E-state index < -0.39 is 10.0 Å². The van der Waals surface area contributed by atoms with Crippen molar-refractivity contribution in [3.8, 4) is 0 Å². The van der Waals surface area contributed by atoms with Crippen molar-refractivity contribution in [2.75, 3.05) is 11.8 Å². The van der Waals surface area contributed by atoms with Crippen molar-refractivity contribution in [2.45, 2.75) is 76.3 Å². The van der Waals surface area contributed by atoms with E-state index in [4.69, 9.17) is 16.3 Å². The summed E-state index contributed by atoms with van der Waals surface area (Å²) in [6, 6.07) is 5.77. The summed E-state index contributed by atoms with van der Waals surface area (Å²) in [6.07, 6.45) is 3.48. The van der Waals surface area contributed by atoms with E-state index in [0.717, 1.165) is 25.7 Å². The van der Waals surface area contributed by atoms with E-state index in [-0.39, 0.29) is 45.7 Å². The molecular formula is C24H35ClN4O4S. The molecule has 1 aliphatic rings. The summed E-state index contributed by atoms with van der Waals surface area (Å²) in [5.41, 5.74) is 0.844. The van der Waals surface area contributed by atoms with E-state index in [1.807, 2.05) is 27.7 Å². The molecule has 2 aromatic rings. The first kappa shape index (κ1) is 26.5. The van der Waals surface area contributed by atoms with Crippen LogP contribution in [0.25, 0.3) is 0 Å². The summed E-state index contributed by atoms with van der Waals surface area (Å²) in [5.74, 6) is -0.356. The van der Waals surface area contributed by atoms with Crippen LogP contribution in [0.3, 0.4) is 0 Å². The second-order valence-corrected chi connectivity index (χ2v) is 12.2. The lowest BCUT2D eigenvalue weighted by molar-refractivity contribution is 0.0655. The second kappa shape index (κ2) is 10.3. The summed E-state index contributed by atoms with van der Waals surface area (Å²) >= 11 is 5.94. The van der Waals surface area contributed by atoms with Gasteiger partial charge in [0, 0.05) is 31.1 Å². The van der Waals surface area contributed by atoms with Crippen LogP contribution in [0.5, 0.6) is 0 Å². The summed E-state index contributed by atoms with van der Waals surface area (Å²) in [4.78, 5) is 13.4. The fraction of sp³-hybridized carbons (Fsp3) is 0.583. The zero-order valence-electron chi connectivity index (χ0n) is 20.7. The van der Waals surface area contributed by atoms with Crippen molar-refractivity contribution in [3.63, 3.8) is 0 Å². The Labute approximate surface area is 207 Å². The van der Waals surface area contributed by atoms with Gasteiger partial charge in [-0.3, -0.25) is 14.2 Å². The maximum atomic E-state index is 13.4. The van der Waals surface area contributed by atoms with E-state index in [1.54, 1.807) is 14.2 Å². The number of benzene rings is 1. The molecular weight excluding hydrogens is 476 g/mol. The quantitative estimate of drug-likeness (QED) is 0.561. The van der Waals surface area contributed by atoms with Crippen LogP contribution in [-0.2, 0) is 21.8 Å². The van der Waals surface area contributed by atoms with Crippen LogP contribution in [0.4, 0.5) is 5.69 Å². The van der Waals surface area contributed by atoms with Gasteiger partial charge in [0.25, 0.3) is 15.9 Å². The number of halogens is 1. The Morgan fingerprint density at radius 1 is 1.18 bits per heavy atom. The molecule has 1 aromatic heterocycles. The average Bonchev–Trinajstić information content (AvgIpc) is 3.08. The van der Waals surface area contributed by atoms with Crippen LogP contribution in [0.15, 0.2) is 29.2 Å². The minimum Gasteiger partial charge on any atom is -0.381 e. The third kappa shape index (κ3) is 5.93. The maximum absolute atomic E-state index is 13.4. The van der Waals surface area contributed by atoms with Crippen LogP contribution < -0.4 is 10.0 Å². The first-order valence-electron chi connectivity index (χ1n) is 11.5. The number of methoxy groups -OCH3 is 1. The highest BCUT2D eigenvalue weighted by molar-refractivity contribution is 7.92. The lowest BCUT2D eigenvalue weighted by atomic mass is 9.84. The van der Waals surface area contributed by atoms with Gasteiger partial charge in [-0.05, 0) is 62.3 Å². The van der Waals surface area contributed by atoms with Gasteiger partial charge in [0.1, 0.15) is 11.4 Å². The Hall–Kier alpha value is -2.10. The molecule has 0 aliphatic heterocycles. The highest BCUT2D eigenvalue weighted by atomic mass is 35.5. The molecule has 8 nitrogen and oxygen atoms in total. The fourth-order valence-corrected chi connectivity index (χ4v) is 5.26. The molecule has 1 amide bonds. The molecule has 0 bridgehead atoms. The minimum atomic E-state index is -3.97. The molecule has 1 saturated carbocycles. The molecule has 3 rings (SSSR count). The molecule has 0 saturated heterocycles. The molecule has 0 spiro atoms. The van der Waals surface area contributed by atoms with Crippen molar-refractivity contribution in [1.29, 1.82) is 0 Å². The number of amides is 1. The van der Waals surface area contributed by atoms with Crippen molar-refractivity contribution in [3.05, 3.63) is 40.7 Å². The number of ether oxygens (including phenoxy) is 1. The molecule has 2 N–H and O–H groups in total. The van der Waals surface area contributed by atoms with Crippen molar-refractivity contribution in [1.82, 2.24) is 15.1 Å². The molecule has 1 atom stereocenters.